The first-order valence-corrected chi connectivity index (χ1v) is 8.38. The van der Waals surface area contributed by atoms with Crippen LogP contribution in [0.3, 0.4) is 0 Å². The lowest BCUT2D eigenvalue weighted by atomic mass is 10.2. The van der Waals surface area contributed by atoms with Crippen LogP contribution in [-0.4, -0.2) is 17.2 Å². The number of phenolic OH excluding ortho intramolecular Hbond substituents is 1. The molecule has 0 unspecified atom stereocenters. The van der Waals surface area contributed by atoms with Gasteiger partial charge in [0.25, 0.3) is 5.91 Å². The zero-order valence-electron chi connectivity index (χ0n) is 14.1. The van der Waals surface area contributed by atoms with Crippen molar-refractivity contribution in [2.24, 2.45) is 15.3 Å². The second-order valence-electron chi connectivity index (χ2n) is 5.48. The number of phenols is 1. The molecule has 0 bridgehead atoms. The molecule has 0 saturated carbocycles. The van der Waals surface area contributed by atoms with Gasteiger partial charge >= 0.3 is 0 Å². The van der Waals surface area contributed by atoms with Gasteiger partial charge in [-0.3, -0.25) is 4.79 Å². The Labute approximate surface area is 160 Å². The van der Waals surface area contributed by atoms with Crippen LogP contribution in [0.1, 0.15) is 15.9 Å². The maximum atomic E-state index is 12.0. The third-order valence-corrected chi connectivity index (χ3v) is 3.78. The lowest BCUT2D eigenvalue weighted by Crippen LogP contribution is -2.17. The minimum atomic E-state index is -0.387. The highest BCUT2D eigenvalue weighted by Gasteiger charge is 2.04. The highest BCUT2D eigenvalue weighted by Crippen LogP contribution is 2.24. The van der Waals surface area contributed by atoms with E-state index in [2.05, 4.69) is 20.8 Å². The first-order chi connectivity index (χ1) is 13.1. The molecule has 134 valence electrons. The molecule has 0 aliphatic rings. The van der Waals surface area contributed by atoms with E-state index in [0.29, 0.717) is 21.8 Å². The molecule has 3 rings (SSSR count). The summed E-state index contributed by atoms with van der Waals surface area (Å²) in [6.45, 7) is 0. The standard InChI is InChI=1S/C20H15ClN4O2/c21-16-8-6-14(7-9-16)20(27)25-22-13-15-12-18(10-11-19(15)26)24-23-17-4-2-1-3-5-17/h1-13,26H,(H,25,27)/b22-13+,24-23?. The van der Waals surface area contributed by atoms with Crippen molar-refractivity contribution in [3.8, 4) is 5.75 Å². The van der Waals surface area contributed by atoms with Gasteiger partial charge in [-0.2, -0.15) is 15.3 Å². The Bertz CT molecular complexity index is 987. The summed E-state index contributed by atoms with van der Waals surface area (Å²) in [4.78, 5) is 12.0. The van der Waals surface area contributed by atoms with Crippen LogP contribution in [0.25, 0.3) is 0 Å². The van der Waals surface area contributed by atoms with E-state index in [1.165, 1.54) is 12.3 Å². The Hall–Kier alpha value is -3.51. The third-order valence-electron chi connectivity index (χ3n) is 3.52. The molecule has 1 amide bonds. The maximum Gasteiger partial charge on any atom is 0.271 e. The Morgan fingerprint density at radius 2 is 1.63 bits per heavy atom. The van der Waals surface area contributed by atoms with Gasteiger partial charge in [-0.1, -0.05) is 29.8 Å². The fourth-order valence-corrected chi connectivity index (χ4v) is 2.27. The van der Waals surface area contributed by atoms with E-state index in [9.17, 15) is 9.90 Å². The summed E-state index contributed by atoms with van der Waals surface area (Å²) >= 11 is 5.79. The average molecular weight is 379 g/mol. The van der Waals surface area contributed by atoms with Crippen molar-refractivity contribution >= 4 is 35.1 Å². The smallest absolute Gasteiger partial charge is 0.271 e. The van der Waals surface area contributed by atoms with E-state index in [1.54, 1.807) is 36.4 Å². The topological polar surface area (TPSA) is 86.4 Å². The van der Waals surface area contributed by atoms with Gasteiger partial charge < -0.3 is 5.11 Å². The van der Waals surface area contributed by atoms with E-state index in [-0.39, 0.29) is 11.7 Å². The number of hydrogen-bond acceptors (Lipinski definition) is 5. The first-order valence-electron chi connectivity index (χ1n) is 8.00. The van der Waals surface area contributed by atoms with Crippen molar-refractivity contribution in [1.29, 1.82) is 0 Å². The largest absolute Gasteiger partial charge is 0.507 e. The molecule has 2 N–H and O–H groups in total. The summed E-state index contributed by atoms with van der Waals surface area (Å²) in [5.41, 5.74) is 4.48. The molecule has 6 nitrogen and oxygen atoms in total. The fraction of sp³-hybridized carbons (Fsp3) is 0. The quantitative estimate of drug-likeness (QED) is 0.362. The third kappa shape index (κ3) is 5.23. The summed E-state index contributed by atoms with van der Waals surface area (Å²) in [7, 11) is 0. The second kappa shape index (κ2) is 8.73. The number of azo groups is 1. The fourth-order valence-electron chi connectivity index (χ4n) is 2.14. The lowest BCUT2D eigenvalue weighted by Gasteiger charge is -2.02. The molecule has 0 aliphatic heterocycles. The summed E-state index contributed by atoms with van der Waals surface area (Å²) in [5, 5.41) is 22.6. The number of hydrazone groups is 1. The predicted molar refractivity (Wildman–Crippen MR) is 105 cm³/mol. The van der Waals surface area contributed by atoms with Crippen LogP contribution >= 0.6 is 11.6 Å². The van der Waals surface area contributed by atoms with Gasteiger partial charge in [-0.05, 0) is 54.6 Å². The SMILES string of the molecule is O=C(N/N=C/c1cc(N=Nc2ccccc2)ccc1O)c1ccc(Cl)cc1. The summed E-state index contributed by atoms with van der Waals surface area (Å²) in [6, 6.07) is 20.4. The number of carbonyl (C=O) groups excluding carboxylic acids is 1. The van der Waals surface area contributed by atoms with Crippen LogP contribution in [0.4, 0.5) is 11.4 Å². The van der Waals surface area contributed by atoms with E-state index in [0.717, 1.165) is 5.69 Å². The van der Waals surface area contributed by atoms with Crippen molar-refractivity contribution in [2.75, 3.05) is 0 Å². The van der Waals surface area contributed by atoms with Gasteiger partial charge in [-0.15, -0.1) is 0 Å². The number of nitrogens with one attached hydrogen (secondary N) is 1. The van der Waals surface area contributed by atoms with Gasteiger partial charge in [0.05, 0.1) is 17.6 Å². The van der Waals surface area contributed by atoms with Crippen molar-refractivity contribution in [3.63, 3.8) is 0 Å². The number of amides is 1. The number of carbonyl (C=O) groups is 1. The molecule has 3 aromatic carbocycles. The van der Waals surface area contributed by atoms with E-state index >= 15 is 0 Å². The lowest BCUT2D eigenvalue weighted by molar-refractivity contribution is 0.0955. The molecule has 7 heteroatoms. The number of hydrogen-bond donors (Lipinski definition) is 2. The van der Waals surface area contributed by atoms with Crippen LogP contribution in [0.15, 0.2) is 88.1 Å². The van der Waals surface area contributed by atoms with Crippen molar-refractivity contribution in [3.05, 3.63) is 88.9 Å². The minimum absolute atomic E-state index is 0.0122. The molecule has 27 heavy (non-hydrogen) atoms. The van der Waals surface area contributed by atoms with Gasteiger partial charge in [0.2, 0.25) is 0 Å². The summed E-state index contributed by atoms with van der Waals surface area (Å²) in [6.07, 6.45) is 1.34. The minimum Gasteiger partial charge on any atom is -0.507 e. The molecule has 0 heterocycles. The maximum absolute atomic E-state index is 12.0. The molecule has 3 aromatic rings. The van der Waals surface area contributed by atoms with Gasteiger partial charge in [0, 0.05) is 16.1 Å². The molecule has 0 aromatic heterocycles. The van der Waals surface area contributed by atoms with Crippen molar-refractivity contribution in [2.45, 2.75) is 0 Å². The van der Waals surface area contributed by atoms with E-state index < -0.39 is 0 Å². The molecule has 0 spiro atoms. The molecular weight excluding hydrogens is 364 g/mol. The van der Waals surface area contributed by atoms with Crippen LogP contribution in [-0.2, 0) is 0 Å². The Balaban J connectivity index is 1.69. The number of rotatable bonds is 5. The highest BCUT2D eigenvalue weighted by atomic mass is 35.5. The van der Waals surface area contributed by atoms with Crippen LogP contribution in [0, 0.1) is 0 Å². The number of aromatic hydroxyl groups is 1. The van der Waals surface area contributed by atoms with Crippen molar-refractivity contribution < 1.29 is 9.90 Å². The number of benzene rings is 3. The predicted octanol–water partition coefficient (Wildman–Crippen LogP) is 5.22. The highest BCUT2D eigenvalue weighted by molar-refractivity contribution is 6.30. The van der Waals surface area contributed by atoms with Crippen molar-refractivity contribution in [1.82, 2.24) is 5.43 Å². The zero-order chi connectivity index (χ0) is 19.1. The molecule has 0 aliphatic carbocycles. The van der Waals surface area contributed by atoms with Crippen LogP contribution in [0.5, 0.6) is 5.75 Å². The van der Waals surface area contributed by atoms with Gasteiger partial charge in [0.15, 0.2) is 0 Å². The first kappa shape index (κ1) is 18.3. The molecule has 0 radical (unpaired) electrons. The van der Waals surface area contributed by atoms with Gasteiger partial charge in [-0.25, -0.2) is 5.43 Å². The molecule has 0 fully saturated rings. The normalized spacial score (nSPS) is 11.1. The van der Waals surface area contributed by atoms with E-state index in [1.807, 2.05) is 30.3 Å². The molecule has 0 atom stereocenters. The Morgan fingerprint density at radius 1 is 0.926 bits per heavy atom. The Morgan fingerprint density at radius 3 is 2.37 bits per heavy atom. The second-order valence-corrected chi connectivity index (χ2v) is 5.92. The monoisotopic (exact) mass is 378 g/mol. The molecule has 0 saturated heterocycles. The van der Waals surface area contributed by atoms with Crippen LogP contribution in [0.2, 0.25) is 5.02 Å². The zero-order valence-corrected chi connectivity index (χ0v) is 14.8. The molecular formula is C20H15ClN4O2. The number of halogens is 1. The number of nitrogens with zero attached hydrogens (tertiary/aromatic N) is 3. The summed E-state index contributed by atoms with van der Waals surface area (Å²) in [5.74, 6) is -0.375. The summed E-state index contributed by atoms with van der Waals surface area (Å²) < 4.78 is 0. The Kier molecular flexibility index (Phi) is 5.91. The van der Waals surface area contributed by atoms with Crippen LogP contribution < -0.4 is 5.43 Å². The average Bonchev–Trinajstić information content (AvgIpc) is 2.69. The van der Waals surface area contributed by atoms with E-state index in [4.69, 9.17) is 11.6 Å². The van der Waals surface area contributed by atoms with Gasteiger partial charge in [0.1, 0.15) is 5.75 Å².